The van der Waals surface area contributed by atoms with E-state index in [9.17, 15) is 4.79 Å². The van der Waals surface area contributed by atoms with E-state index in [0.29, 0.717) is 18.0 Å². The second kappa shape index (κ2) is 10.0. The zero-order chi connectivity index (χ0) is 20.1. The van der Waals surface area contributed by atoms with Gasteiger partial charge in [0.1, 0.15) is 0 Å². The molecular formula is C23H37N5O. The van der Waals surface area contributed by atoms with Crippen LogP contribution in [0.2, 0.25) is 0 Å². The third kappa shape index (κ3) is 5.77. The molecule has 1 unspecified atom stereocenters. The van der Waals surface area contributed by atoms with Gasteiger partial charge in [0.2, 0.25) is 5.91 Å². The van der Waals surface area contributed by atoms with Crippen LogP contribution in [0.3, 0.4) is 0 Å². The van der Waals surface area contributed by atoms with Crippen molar-refractivity contribution in [1.82, 2.24) is 25.0 Å². The van der Waals surface area contributed by atoms with Gasteiger partial charge in [-0.05, 0) is 96.0 Å². The maximum Gasteiger partial charge on any atom is 0.224 e. The van der Waals surface area contributed by atoms with Crippen LogP contribution in [0.4, 0.5) is 0 Å². The van der Waals surface area contributed by atoms with Crippen molar-refractivity contribution >= 4 is 5.91 Å². The first-order chi connectivity index (χ1) is 14.2. The number of amides is 1. The lowest BCUT2D eigenvalue weighted by atomic mass is 9.92. The quantitative estimate of drug-likeness (QED) is 0.820. The number of piperidine rings is 3. The van der Waals surface area contributed by atoms with E-state index in [4.69, 9.17) is 0 Å². The van der Waals surface area contributed by atoms with Crippen LogP contribution in [-0.2, 0) is 11.3 Å². The average Bonchev–Trinajstić information content (AvgIpc) is 2.77. The van der Waals surface area contributed by atoms with Crippen LogP contribution >= 0.6 is 0 Å². The number of rotatable bonds is 5. The zero-order valence-electron chi connectivity index (χ0n) is 17.9. The molecule has 1 aromatic rings. The summed E-state index contributed by atoms with van der Waals surface area (Å²) < 4.78 is 0. The summed E-state index contributed by atoms with van der Waals surface area (Å²) in [4.78, 5) is 24.5. The predicted molar refractivity (Wildman–Crippen MR) is 115 cm³/mol. The van der Waals surface area contributed by atoms with Crippen LogP contribution < -0.4 is 5.32 Å². The first-order valence-electron chi connectivity index (χ1n) is 11.5. The minimum absolute atomic E-state index is 0.179. The Morgan fingerprint density at radius 1 is 1.03 bits per heavy atom. The first-order valence-corrected chi connectivity index (χ1v) is 11.5. The van der Waals surface area contributed by atoms with Gasteiger partial charge in [0.15, 0.2) is 0 Å². The van der Waals surface area contributed by atoms with Gasteiger partial charge in [-0.1, -0.05) is 0 Å². The highest BCUT2D eigenvalue weighted by Crippen LogP contribution is 2.25. The van der Waals surface area contributed by atoms with Crippen molar-refractivity contribution in [1.29, 1.82) is 0 Å². The Balaban J connectivity index is 1.22. The van der Waals surface area contributed by atoms with Crippen LogP contribution in [0.5, 0.6) is 0 Å². The second-order valence-corrected chi connectivity index (χ2v) is 9.28. The maximum atomic E-state index is 12.9. The molecule has 3 aliphatic rings. The minimum atomic E-state index is 0.179. The lowest BCUT2D eigenvalue weighted by Gasteiger charge is -2.42. The molecule has 0 radical (unpaired) electrons. The SMILES string of the molecule is CN1CCC(NC(=O)C2CCCN(C3CCN(Cc4ccncc4)CC3)C2)CC1. The Bertz CT molecular complexity index is 638. The molecule has 4 heterocycles. The van der Waals surface area contributed by atoms with Crippen LogP contribution in [0.1, 0.15) is 44.1 Å². The Kier molecular flexibility index (Phi) is 7.16. The van der Waals surface area contributed by atoms with Gasteiger partial charge in [-0.3, -0.25) is 19.6 Å². The smallest absolute Gasteiger partial charge is 0.224 e. The molecule has 6 heteroatoms. The van der Waals surface area contributed by atoms with E-state index in [1.165, 1.54) is 18.4 Å². The number of likely N-dealkylation sites (tertiary alicyclic amines) is 3. The highest BCUT2D eigenvalue weighted by atomic mass is 16.2. The molecule has 0 aromatic carbocycles. The van der Waals surface area contributed by atoms with Crippen molar-refractivity contribution in [3.63, 3.8) is 0 Å². The summed E-state index contributed by atoms with van der Waals surface area (Å²) >= 11 is 0. The molecule has 1 aromatic heterocycles. The number of pyridine rings is 1. The van der Waals surface area contributed by atoms with Crippen molar-refractivity contribution in [3.05, 3.63) is 30.1 Å². The van der Waals surface area contributed by atoms with Crippen LogP contribution in [0.15, 0.2) is 24.5 Å². The average molecular weight is 400 g/mol. The van der Waals surface area contributed by atoms with Crippen molar-refractivity contribution < 1.29 is 4.79 Å². The summed E-state index contributed by atoms with van der Waals surface area (Å²) in [6, 6.07) is 5.25. The molecule has 0 saturated carbocycles. The van der Waals surface area contributed by atoms with Crippen molar-refractivity contribution in [2.75, 3.05) is 46.3 Å². The standard InChI is InChI=1S/C23H37N5O/c1-26-13-6-21(7-14-26)25-23(29)20-3-2-12-28(18-20)22-8-15-27(16-9-22)17-19-4-10-24-11-5-19/h4-5,10-11,20-22H,2-3,6-9,12-18H2,1H3,(H,25,29). The summed E-state index contributed by atoms with van der Waals surface area (Å²) in [6.45, 7) is 7.63. The largest absolute Gasteiger partial charge is 0.353 e. The van der Waals surface area contributed by atoms with Crippen LogP contribution in [0, 0.1) is 5.92 Å². The first kappa shape index (κ1) is 20.8. The fourth-order valence-electron chi connectivity index (χ4n) is 5.21. The number of hydrogen-bond acceptors (Lipinski definition) is 5. The number of hydrogen-bond donors (Lipinski definition) is 1. The van der Waals surface area contributed by atoms with Gasteiger partial charge in [-0.2, -0.15) is 0 Å². The number of carbonyl (C=O) groups excluding carboxylic acids is 1. The molecule has 0 aliphatic carbocycles. The minimum Gasteiger partial charge on any atom is -0.353 e. The van der Waals surface area contributed by atoms with Crippen molar-refractivity contribution in [3.8, 4) is 0 Å². The van der Waals surface area contributed by atoms with Crippen LogP contribution in [0.25, 0.3) is 0 Å². The number of nitrogens with one attached hydrogen (secondary N) is 1. The van der Waals surface area contributed by atoms with Crippen molar-refractivity contribution in [2.24, 2.45) is 5.92 Å². The fourth-order valence-corrected chi connectivity index (χ4v) is 5.21. The van der Waals surface area contributed by atoms with Gasteiger partial charge in [-0.15, -0.1) is 0 Å². The van der Waals surface area contributed by atoms with E-state index >= 15 is 0 Å². The van der Waals surface area contributed by atoms with Gasteiger partial charge < -0.3 is 10.2 Å². The van der Waals surface area contributed by atoms with E-state index < -0.39 is 0 Å². The van der Waals surface area contributed by atoms with E-state index in [1.54, 1.807) is 0 Å². The summed E-state index contributed by atoms with van der Waals surface area (Å²) in [5.41, 5.74) is 1.35. The molecule has 3 fully saturated rings. The summed E-state index contributed by atoms with van der Waals surface area (Å²) in [6.07, 6.45) is 10.6. The van der Waals surface area contributed by atoms with E-state index in [-0.39, 0.29) is 5.92 Å². The molecule has 3 aliphatic heterocycles. The van der Waals surface area contributed by atoms with E-state index in [2.05, 4.69) is 44.2 Å². The van der Waals surface area contributed by atoms with Crippen molar-refractivity contribution in [2.45, 2.75) is 57.2 Å². The molecule has 1 amide bonds. The third-order valence-corrected chi connectivity index (χ3v) is 7.12. The molecule has 3 saturated heterocycles. The lowest BCUT2D eigenvalue weighted by molar-refractivity contribution is -0.128. The Labute approximate surface area is 175 Å². The normalized spacial score (nSPS) is 26.4. The summed E-state index contributed by atoms with van der Waals surface area (Å²) in [5, 5.41) is 3.36. The summed E-state index contributed by atoms with van der Waals surface area (Å²) in [5.74, 6) is 0.484. The molecule has 29 heavy (non-hydrogen) atoms. The second-order valence-electron chi connectivity index (χ2n) is 9.28. The van der Waals surface area contributed by atoms with E-state index in [1.807, 2.05) is 12.4 Å². The number of aromatic nitrogens is 1. The monoisotopic (exact) mass is 399 g/mol. The van der Waals surface area contributed by atoms with Gasteiger partial charge >= 0.3 is 0 Å². The molecule has 160 valence electrons. The van der Waals surface area contributed by atoms with Gasteiger partial charge in [0.05, 0.1) is 5.92 Å². The molecule has 0 spiro atoms. The maximum absolute atomic E-state index is 12.9. The molecule has 1 atom stereocenters. The van der Waals surface area contributed by atoms with Gasteiger partial charge in [0.25, 0.3) is 0 Å². The number of carbonyl (C=O) groups is 1. The molecule has 4 rings (SSSR count). The highest BCUT2D eigenvalue weighted by Gasteiger charge is 2.32. The van der Waals surface area contributed by atoms with E-state index in [0.717, 1.165) is 71.5 Å². The molecular weight excluding hydrogens is 362 g/mol. The summed E-state index contributed by atoms with van der Waals surface area (Å²) in [7, 11) is 2.17. The molecule has 0 bridgehead atoms. The number of nitrogens with zero attached hydrogens (tertiary/aromatic N) is 4. The Morgan fingerprint density at radius 3 is 2.48 bits per heavy atom. The van der Waals surface area contributed by atoms with Crippen LogP contribution in [-0.4, -0.2) is 84.0 Å². The Hall–Kier alpha value is -1.50. The topological polar surface area (TPSA) is 51.7 Å². The third-order valence-electron chi connectivity index (χ3n) is 7.12. The van der Waals surface area contributed by atoms with Gasteiger partial charge in [0, 0.05) is 37.6 Å². The Morgan fingerprint density at radius 2 is 1.76 bits per heavy atom. The zero-order valence-corrected chi connectivity index (χ0v) is 17.9. The van der Waals surface area contributed by atoms with Gasteiger partial charge in [-0.25, -0.2) is 0 Å². The highest BCUT2D eigenvalue weighted by molar-refractivity contribution is 5.79. The molecule has 6 nitrogen and oxygen atoms in total. The fraction of sp³-hybridized carbons (Fsp3) is 0.739. The predicted octanol–water partition coefficient (Wildman–Crippen LogP) is 1.97. The lowest BCUT2D eigenvalue weighted by Crippen LogP contribution is -2.52. The molecule has 1 N–H and O–H groups in total.